The van der Waals surface area contributed by atoms with E-state index < -0.39 is 24.6 Å². The van der Waals surface area contributed by atoms with Gasteiger partial charge in [-0.3, -0.25) is 9.78 Å². The van der Waals surface area contributed by atoms with Crippen molar-refractivity contribution in [3.8, 4) is 11.1 Å². The smallest absolute Gasteiger partial charge is 0.305 e. The lowest BCUT2D eigenvalue weighted by molar-refractivity contribution is -0.139. The summed E-state index contributed by atoms with van der Waals surface area (Å²) in [5.41, 5.74) is 4.13. The van der Waals surface area contributed by atoms with Crippen LogP contribution < -0.4 is 0 Å². The van der Waals surface area contributed by atoms with Gasteiger partial charge >= 0.3 is 5.97 Å². The third-order valence-corrected chi connectivity index (χ3v) is 5.45. The Morgan fingerprint density at radius 2 is 1.94 bits per heavy atom. The van der Waals surface area contributed by atoms with Gasteiger partial charge in [0.2, 0.25) is 0 Å². The van der Waals surface area contributed by atoms with Crippen LogP contribution in [-0.2, 0) is 4.79 Å². The van der Waals surface area contributed by atoms with E-state index in [1.54, 1.807) is 18.2 Å². The average molecular weight is 421 g/mol. The van der Waals surface area contributed by atoms with Gasteiger partial charge in [0.15, 0.2) is 0 Å². The van der Waals surface area contributed by atoms with Crippen LogP contribution in [-0.4, -0.2) is 38.5 Å². The Balaban J connectivity index is 1.80. The van der Waals surface area contributed by atoms with Crippen LogP contribution in [0.15, 0.2) is 54.6 Å². The van der Waals surface area contributed by atoms with Gasteiger partial charge in [-0.05, 0) is 36.6 Å². The lowest BCUT2D eigenvalue weighted by Crippen LogP contribution is -2.19. The molecule has 0 aliphatic heterocycles. The summed E-state index contributed by atoms with van der Waals surface area (Å²) in [5.74, 6) is -1.14. The summed E-state index contributed by atoms with van der Waals surface area (Å²) in [5, 5.41) is 29.8. The Kier molecular flexibility index (Phi) is 6.11. The average Bonchev–Trinajstić information content (AvgIpc) is 3.55. The molecular weight excluding hydrogens is 397 g/mol. The van der Waals surface area contributed by atoms with Gasteiger partial charge in [-0.25, -0.2) is 4.39 Å². The highest BCUT2D eigenvalue weighted by molar-refractivity contribution is 5.99. The SMILES string of the molecule is O=C(O)C[C@H](O)C[C@H](O)/C=C/c1c(C2CC2)nc2ccccc2c1-c1cccc(F)c1. The number of carbonyl (C=O) groups is 1. The molecule has 160 valence electrons. The number of halogens is 1. The number of para-hydroxylation sites is 1. The van der Waals surface area contributed by atoms with Gasteiger partial charge in [0, 0.05) is 28.9 Å². The molecule has 3 aromatic rings. The van der Waals surface area contributed by atoms with Crippen molar-refractivity contribution >= 4 is 22.9 Å². The third-order valence-electron chi connectivity index (χ3n) is 5.45. The predicted molar refractivity (Wildman–Crippen MR) is 117 cm³/mol. The molecule has 0 spiro atoms. The van der Waals surface area contributed by atoms with Gasteiger partial charge in [-0.15, -0.1) is 0 Å². The standard InChI is InChI=1S/C25H24FNO4/c26-17-5-3-4-16(12-17)24-20-6-1-2-7-22(20)27-25(15-8-9-15)21(24)11-10-18(28)13-19(29)14-23(30)31/h1-7,10-12,15,18-19,28-29H,8-9,13-14H2,(H,30,31)/b11-10+/t18-,19-/m1/s1. The minimum Gasteiger partial charge on any atom is -0.481 e. The van der Waals surface area contributed by atoms with Crippen molar-refractivity contribution in [1.29, 1.82) is 0 Å². The molecule has 0 saturated heterocycles. The number of fused-ring (bicyclic) bond motifs is 1. The van der Waals surface area contributed by atoms with Crippen molar-refractivity contribution in [2.75, 3.05) is 0 Å². The van der Waals surface area contributed by atoms with E-state index in [4.69, 9.17) is 10.1 Å². The molecule has 5 nitrogen and oxygen atoms in total. The molecule has 3 N–H and O–H groups in total. The second-order valence-corrected chi connectivity index (χ2v) is 8.00. The van der Waals surface area contributed by atoms with Crippen molar-refractivity contribution in [1.82, 2.24) is 4.98 Å². The van der Waals surface area contributed by atoms with Crippen LogP contribution in [0, 0.1) is 5.82 Å². The Hall–Kier alpha value is -3.09. The highest BCUT2D eigenvalue weighted by atomic mass is 19.1. The molecule has 0 radical (unpaired) electrons. The minimum atomic E-state index is -1.14. The zero-order valence-electron chi connectivity index (χ0n) is 16.9. The van der Waals surface area contributed by atoms with Crippen molar-refractivity contribution in [2.45, 2.75) is 43.8 Å². The highest BCUT2D eigenvalue weighted by Crippen LogP contribution is 2.45. The van der Waals surface area contributed by atoms with E-state index in [1.165, 1.54) is 12.1 Å². The van der Waals surface area contributed by atoms with Crippen LogP contribution in [0.2, 0.25) is 0 Å². The van der Waals surface area contributed by atoms with Crippen LogP contribution in [0.5, 0.6) is 0 Å². The number of aliphatic carboxylic acids is 1. The van der Waals surface area contributed by atoms with E-state index in [0.29, 0.717) is 5.92 Å². The number of carboxylic acids is 1. The number of nitrogens with zero attached hydrogens (tertiary/aromatic N) is 1. The Bertz CT molecular complexity index is 1140. The molecule has 1 saturated carbocycles. The van der Waals surface area contributed by atoms with E-state index >= 15 is 0 Å². The van der Waals surface area contributed by atoms with Crippen molar-refractivity contribution in [3.05, 3.63) is 71.7 Å². The Morgan fingerprint density at radius 3 is 2.65 bits per heavy atom. The number of rotatable bonds is 8. The first-order valence-corrected chi connectivity index (χ1v) is 10.4. The fourth-order valence-corrected chi connectivity index (χ4v) is 3.89. The number of hydrogen-bond donors (Lipinski definition) is 3. The largest absolute Gasteiger partial charge is 0.481 e. The number of carboxylic acid groups (broad SMARTS) is 1. The van der Waals surface area contributed by atoms with Gasteiger partial charge in [0.05, 0.1) is 29.8 Å². The molecule has 1 aromatic heterocycles. The molecule has 0 amide bonds. The zero-order valence-corrected chi connectivity index (χ0v) is 16.9. The molecule has 1 fully saturated rings. The quantitative estimate of drug-likeness (QED) is 0.498. The lowest BCUT2D eigenvalue weighted by atomic mass is 9.92. The van der Waals surface area contributed by atoms with E-state index in [2.05, 4.69) is 0 Å². The van der Waals surface area contributed by atoms with E-state index in [9.17, 15) is 19.4 Å². The van der Waals surface area contributed by atoms with Crippen LogP contribution in [0.1, 0.15) is 42.9 Å². The molecule has 6 heteroatoms. The summed E-state index contributed by atoms with van der Waals surface area (Å²) < 4.78 is 14.1. The lowest BCUT2D eigenvalue weighted by Gasteiger charge is -2.16. The van der Waals surface area contributed by atoms with Crippen LogP contribution in [0.4, 0.5) is 4.39 Å². The Labute approximate surface area is 179 Å². The van der Waals surface area contributed by atoms with Crippen molar-refractivity contribution in [3.63, 3.8) is 0 Å². The molecule has 1 heterocycles. The molecule has 2 aromatic carbocycles. The third kappa shape index (κ3) is 4.98. The number of aromatic nitrogens is 1. The minimum absolute atomic E-state index is 0.0854. The summed E-state index contributed by atoms with van der Waals surface area (Å²) in [4.78, 5) is 15.6. The van der Waals surface area contributed by atoms with Crippen LogP contribution in [0.3, 0.4) is 0 Å². The molecule has 2 atom stereocenters. The maximum atomic E-state index is 14.1. The van der Waals surface area contributed by atoms with Crippen molar-refractivity contribution in [2.24, 2.45) is 0 Å². The van der Waals surface area contributed by atoms with Crippen LogP contribution in [0.25, 0.3) is 28.1 Å². The van der Waals surface area contributed by atoms with Gasteiger partial charge < -0.3 is 15.3 Å². The molecule has 1 aliphatic carbocycles. The molecule has 31 heavy (non-hydrogen) atoms. The van der Waals surface area contributed by atoms with Gasteiger partial charge in [0.1, 0.15) is 5.82 Å². The number of hydrogen-bond acceptors (Lipinski definition) is 4. The predicted octanol–water partition coefficient (Wildman–Crippen LogP) is 4.52. The van der Waals surface area contributed by atoms with E-state index in [1.807, 2.05) is 30.3 Å². The molecule has 4 rings (SSSR count). The fraction of sp³-hybridized carbons (Fsp3) is 0.280. The first-order chi connectivity index (χ1) is 14.9. The van der Waals surface area contributed by atoms with E-state index in [-0.39, 0.29) is 12.2 Å². The van der Waals surface area contributed by atoms with Crippen LogP contribution >= 0.6 is 0 Å². The second kappa shape index (κ2) is 8.96. The Morgan fingerprint density at radius 1 is 1.16 bits per heavy atom. The molecule has 0 unspecified atom stereocenters. The molecule has 0 bridgehead atoms. The summed E-state index contributed by atoms with van der Waals surface area (Å²) in [6.07, 6.45) is 2.69. The van der Waals surface area contributed by atoms with Gasteiger partial charge in [-0.1, -0.05) is 42.5 Å². The van der Waals surface area contributed by atoms with E-state index in [0.717, 1.165) is 46.1 Å². The summed E-state index contributed by atoms with van der Waals surface area (Å²) in [6, 6.07) is 14.1. The molecule has 1 aliphatic rings. The van der Waals surface area contributed by atoms with Crippen molar-refractivity contribution < 1.29 is 24.5 Å². The number of aliphatic hydroxyl groups excluding tert-OH is 2. The first kappa shape index (κ1) is 21.2. The number of pyridine rings is 1. The zero-order chi connectivity index (χ0) is 22.0. The topological polar surface area (TPSA) is 90.7 Å². The number of aliphatic hydroxyl groups is 2. The highest BCUT2D eigenvalue weighted by Gasteiger charge is 2.29. The van der Waals surface area contributed by atoms with Gasteiger partial charge in [-0.2, -0.15) is 0 Å². The fourth-order valence-electron chi connectivity index (χ4n) is 3.89. The maximum absolute atomic E-state index is 14.1. The number of benzene rings is 2. The molecular formula is C25H24FNO4. The normalized spacial score (nSPS) is 16.0. The monoisotopic (exact) mass is 421 g/mol. The summed E-state index contributed by atoms with van der Waals surface area (Å²) >= 11 is 0. The summed E-state index contributed by atoms with van der Waals surface area (Å²) in [7, 11) is 0. The maximum Gasteiger partial charge on any atom is 0.305 e. The van der Waals surface area contributed by atoms with Gasteiger partial charge in [0.25, 0.3) is 0 Å². The summed E-state index contributed by atoms with van der Waals surface area (Å²) in [6.45, 7) is 0. The first-order valence-electron chi connectivity index (χ1n) is 10.4. The second-order valence-electron chi connectivity index (χ2n) is 8.00.